The first-order valence-electron chi connectivity index (χ1n) is 15.5. The van der Waals surface area contributed by atoms with E-state index in [2.05, 4.69) is 9.47 Å². The number of alkyl halides is 2. The van der Waals surface area contributed by atoms with Crippen LogP contribution in [0.15, 0.2) is 36.4 Å². The van der Waals surface area contributed by atoms with E-state index >= 15 is 4.39 Å². The number of rotatable bonds is 9. The summed E-state index contributed by atoms with van der Waals surface area (Å²) in [5, 5.41) is 20.4. The maximum atomic E-state index is 15.7. The Balaban J connectivity index is 1.58. The van der Waals surface area contributed by atoms with Gasteiger partial charge >= 0.3 is 6.29 Å². The Morgan fingerprint density at radius 3 is 2.65 bits per heavy atom. The van der Waals surface area contributed by atoms with Crippen molar-refractivity contribution >= 4 is 16.7 Å². The van der Waals surface area contributed by atoms with Crippen LogP contribution in [0.5, 0.6) is 11.5 Å². The van der Waals surface area contributed by atoms with Crippen molar-refractivity contribution in [2.75, 3.05) is 6.56 Å². The number of benzene rings is 2. The lowest BCUT2D eigenvalue weighted by Gasteiger charge is -2.26. The van der Waals surface area contributed by atoms with Crippen molar-refractivity contribution in [3.8, 4) is 11.5 Å². The topological polar surface area (TPSA) is 80.9 Å². The molecule has 2 N–H and O–H groups in total. The van der Waals surface area contributed by atoms with Gasteiger partial charge in [0.2, 0.25) is 0 Å². The van der Waals surface area contributed by atoms with Crippen LogP contribution in [0.1, 0.15) is 67.7 Å². The number of ether oxygens (including phenoxy) is 2. The van der Waals surface area contributed by atoms with Crippen LogP contribution >= 0.6 is 0 Å². The second kappa shape index (κ2) is 8.77. The predicted octanol–water partition coefficient (Wildman–Crippen LogP) is 4.99. The van der Waals surface area contributed by atoms with E-state index in [0.29, 0.717) is 18.4 Å². The molecule has 0 spiro atoms. The normalized spacial score (nSPS) is 24.7. The van der Waals surface area contributed by atoms with Crippen molar-refractivity contribution in [1.29, 1.82) is 0 Å². The predicted molar refractivity (Wildman–Crippen MR) is 131 cm³/mol. The maximum Gasteiger partial charge on any atom is 0.586 e. The number of halogens is 3. The molecule has 2 aromatic carbocycles. The van der Waals surface area contributed by atoms with Gasteiger partial charge in [0.25, 0.3) is 0 Å². The number of aromatic nitrogens is 1. The second-order valence-corrected chi connectivity index (χ2v) is 9.56. The molecule has 6 nitrogen and oxygen atoms in total. The first-order valence-corrected chi connectivity index (χ1v) is 11.5. The SMILES string of the molecule is [2H]C([2H])([2H])C(C)(c1cc2cc(CC(=O)C3(c4ccc5c(c4)OC(F)(F)O5)CC3)c(F)cc2n1C[C@]([2H])(O)C([2H])([2H])O)C([2H])([2H])C. The molecule has 2 heterocycles. The van der Waals surface area contributed by atoms with Crippen LogP contribution in [0.3, 0.4) is 0 Å². The number of Topliss-reactive ketones (excluding diaryl/α,β-unsaturated/α-hetero) is 1. The standard InChI is InChI=1S/C28H30F3NO5/c1-4-26(2,3)24-10-17-9-16(20(29)13-21(17)32(24)14-19(34)15-33)11-25(35)27(7-8-27)18-5-6-22-23(12-18)37-28(30,31)36-22/h5-6,9-10,12-13,19,33-34H,4,7-8,11,14-15H2,1-3H3/t19-/m0/s1/i2D3,4D2,15D2,19D/t19-,26?. The zero-order chi connectivity index (χ0) is 33.8. The highest BCUT2D eigenvalue weighted by molar-refractivity contribution is 5.95. The molecule has 1 aliphatic heterocycles. The summed E-state index contributed by atoms with van der Waals surface area (Å²) >= 11 is 0. The van der Waals surface area contributed by atoms with Crippen molar-refractivity contribution in [3.63, 3.8) is 0 Å². The van der Waals surface area contributed by atoms with E-state index in [-0.39, 0.29) is 33.7 Å². The lowest BCUT2D eigenvalue weighted by Crippen LogP contribution is -2.26. The fourth-order valence-corrected chi connectivity index (χ4v) is 4.81. The fourth-order valence-electron chi connectivity index (χ4n) is 4.81. The van der Waals surface area contributed by atoms with Gasteiger partial charge in [-0.25, -0.2) is 4.39 Å². The molecule has 37 heavy (non-hydrogen) atoms. The van der Waals surface area contributed by atoms with Gasteiger partial charge in [-0.2, -0.15) is 0 Å². The molecule has 0 radical (unpaired) electrons. The number of carbonyl (C=O) groups excluding carboxylic acids is 1. The Kier molecular flexibility index (Phi) is 4.14. The first-order chi connectivity index (χ1) is 20.3. The molecule has 2 aliphatic rings. The summed E-state index contributed by atoms with van der Waals surface area (Å²) in [4.78, 5) is 13.6. The number of hydrogen-bond donors (Lipinski definition) is 2. The van der Waals surface area contributed by atoms with Crippen molar-refractivity contribution in [1.82, 2.24) is 4.57 Å². The van der Waals surface area contributed by atoms with E-state index in [1.54, 1.807) is 0 Å². The number of ketones is 1. The van der Waals surface area contributed by atoms with Gasteiger partial charge in [-0.3, -0.25) is 4.79 Å². The zero-order valence-electron chi connectivity index (χ0n) is 28.0. The van der Waals surface area contributed by atoms with E-state index in [0.717, 1.165) is 24.5 Å². The van der Waals surface area contributed by atoms with Gasteiger partial charge in [0.05, 0.1) is 34.2 Å². The van der Waals surface area contributed by atoms with E-state index < -0.39 is 67.6 Å². The van der Waals surface area contributed by atoms with Gasteiger partial charge in [0.1, 0.15) is 11.6 Å². The van der Waals surface area contributed by atoms with Gasteiger partial charge in [-0.1, -0.05) is 26.8 Å². The van der Waals surface area contributed by atoms with Gasteiger partial charge in [-0.05, 0) is 60.7 Å². The summed E-state index contributed by atoms with van der Waals surface area (Å²) in [6.45, 7) is -5.57. The lowest BCUT2D eigenvalue weighted by atomic mass is 9.86. The molecule has 2 atom stereocenters. The third-order valence-electron chi connectivity index (χ3n) is 7.11. The lowest BCUT2D eigenvalue weighted by molar-refractivity contribution is -0.286. The summed E-state index contributed by atoms with van der Waals surface area (Å²) in [6, 6.07) is 7.34. The smallest absolute Gasteiger partial charge is 0.395 e. The molecule has 1 aromatic heterocycles. The highest BCUT2D eigenvalue weighted by atomic mass is 19.3. The minimum Gasteiger partial charge on any atom is -0.395 e. The van der Waals surface area contributed by atoms with Crippen molar-refractivity contribution in [2.45, 2.75) is 76.1 Å². The third kappa shape index (κ3) is 4.48. The molecule has 1 unspecified atom stereocenters. The quantitative estimate of drug-likeness (QED) is 0.412. The molecule has 9 heteroatoms. The summed E-state index contributed by atoms with van der Waals surface area (Å²) in [7, 11) is 0. The van der Waals surface area contributed by atoms with Crippen LogP contribution in [-0.4, -0.2) is 39.5 Å². The van der Waals surface area contributed by atoms with E-state index in [4.69, 9.17) is 11.0 Å². The molecule has 198 valence electrons. The Morgan fingerprint density at radius 1 is 1.27 bits per heavy atom. The number of nitrogens with zero attached hydrogens (tertiary/aromatic N) is 1. The Labute approximate surface area is 223 Å². The molecular formula is C28H30F3NO5. The number of aliphatic hydroxyl groups is 2. The molecular weight excluding hydrogens is 487 g/mol. The van der Waals surface area contributed by atoms with Gasteiger partial charge in [0.15, 0.2) is 11.5 Å². The number of carbonyl (C=O) groups is 1. The largest absolute Gasteiger partial charge is 0.586 e. The highest BCUT2D eigenvalue weighted by Gasteiger charge is 2.52. The number of fused-ring (bicyclic) bond motifs is 2. The Bertz CT molecular complexity index is 1680. The molecule has 5 rings (SSSR count). The first kappa shape index (κ1) is 17.5. The van der Waals surface area contributed by atoms with Crippen LogP contribution in [0.4, 0.5) is 13.2 Å². The minimum absolute atomic E-state index is 0.0957. The van der Waals surface area contributed by atoms with Crippen LogP contribution in [0, 0.1) is 5.82 Å². The summed E-state index contributed by atoms with van der Waals surface area (Å²) in [6.07, 6.45) is -9.34. The molecule has 0 amide bonds. The van der Waals surface area contributed by atoms with Gasteiger partial charge in [0, 0.05) is 29.8 Å². The molecule has 1 fully saturated rings. The van der Waals surface area contributed by atoms with Crippen LogP contribution < -0.4 is 9.47 Å². The van der Waals surface area contributed by atoms with Gasteiger partial charge in [-0.15, -0.1) is 8.78 Å². The molecule has 0 saturated heterocycles. The molecule has 1 aliphatic carbocycles. The van der Waals surface area contributed by atoms with Crippen molar-refractivity contribution in [3.05, 3.63) is 59.0 Å². The van der Waals surface area contributed by atoms with Crippen molar-refractivity contribution in [2.24, 2.45) is 0 Å². The third-order valence-corrected chi connectivity index (χ3v) is 7.11. The van der Waals surface area contributed by atoms with E-state index in [1.165, 1.54) is 30.3 Å². The van der Waals surface area contributed by atoms with Gasteiger partial charge < -0.3 is 24.3 Å². The second-order valence-electron chi connectivity index (χ2n) is 9.56. The average Bonchev–Trinajstić information content (AvgIpc) is 3.53. The van der Waals surface area contributed by atoms with Crippen LogP contribution in [0.2, 0.25) is 0 Å². The van der Waals surface area contributed by atoms with E-state index in [9.17, 15) is 23.8 Å². The highest BCUT2D eigenvalue weighted by Crippen LogP contribution is 2.52. The number of hydrogen-bond acceptors (Lipinski definition) is 5. The zero-order valence-corrected chi connectivity index (χ0v) is 20.0. The maximum absolute atomic E-state index is 15.7. The monoisotopic (exact) mass is 525 g/mol. The minimum atomic E-state index is -3.85. The average molecular weight is 526 g/mol. The van der Waals surface area contributed by atoms with E-state index in [1.807, 2.05) is 0 Å². The molecule has 3 aromatic rings. The van der Waals surface area contributed by atoms with Crippen LogP contribution in [-0.2, 0) is 28.6 Å². The fraction of sp³-hybridized carbons (Fsp3) is 0.464. The summed E-state index contributed by atoms with van der Waals surface area (Å²) in [5.74, 6) is -1.82. The Hall–Kier alpha value is -3.04. The van der Waals surface area contributed by atoms with Crippen LogP contribution in [0.25, 0.3) is 10.9 Å². The Morgan fingerprint density at radius 2 is 2.00 bits per heavy atom. The summed E-state index contributed by atoms with van der Waals surface area (Å²) < 4.78 is 117. The molecule has 0 bridgehead atoms. The van der Waals surface area contributed by atoms with Crippen molar-refractivity contribution < 1.29 is 48.6 Å². The summed E-state index contributed by atoms with van der Waals surface area (Å²) in [5.41, 5.74) is -3.67. The molecule has 1 saturated carbocycles.